The van der Waals surface area contributed by atoms with Crippen LogP contribution in [-0.2, 0) is 0 Å². The lowest BCUT2D eigenvalue weighted by atomic mass is 9.91. The number of aromatic nitrogens is 2. The summed E-state index contributed by atoms with van der Waals surface area (Å²) in [6.45, 7) is 1.60. The molecular weight excluding hydrogens is 442 g/mol. The third-order valence-corrected chi connectivity index (χ3v) is 5.55. The van der Waals surface area contributed by atoms with Gasteiger partial charge in [-0.15, -0.1) is 0 Å². The molecule has 1 amide bonds. The Labute approximate surface area is 175 Å². The van der Waals surface area contributed by atoms with E-state index in [-0.39, 0.29) is 17.5 Å². The van der Waals surface area contributed by atoms with Crippen molar-refractivity contribution < 1.29 is 13.6 Å². The first kappa shape index (κ1) is 19.7. The number of nitrogens with zero attached hydrogens (tertiary/aromatic N) is 2. The summed E-state index contributed by atoms with van der Waals surface area (Å²) in [7, 11) is 0. The topological polar surface area (TPSA) is 59.0 Å². The normalized spacial score (nSPS) is 14.7. The predicted octanol–water partition coefficient (Wildman–Crippen LogP) is 4.63. The molecule has 0 atom stereocenters. The van der Waals surface area contributed by atoms with Gasteiger partial charge in [0.1, 0.15) is 11.5 Å². The molecule has 1 saturated heterocycles. The minimum atomic E-state index is -0.719. The van der Waals surface area contributed by atoms with Crippen molar-refractivity contribution >= 4 is 27.5 Å². The van der Waals surface area contributed by atoms with E-state index >= 15 is 0 Å². The van der Waals surface area contributed by atoms with Crippen LogP contribution in [0.5, 0.6) is 0 Å². The Hall–Kier alpha value is -2.58. The molecule has 2 heterocycles. The van der Waals surface area contributed by atoms with Crippen molar-refractivity contribution in [1.82, 2.24) is 15.1 Å². The number of carbonyl (C=O) groups excluding carboxylic acids is 1. The minimum Gasteiger partial charge on any atom is -0.322 e. The fourth-order valence-electron chi connectivity index (χ4n) is 3.60. The molecule has 0 saturated carbocycles. The number of carbonyl (C=O) groups is 1. The van der Waals surface area contributed by atoms with Crippen molar-refractivity contribution in [1.29, 1.82) is 0 Å². The third-order valence-electron chi connectivity index (χ3n) is 5.02. The lowest BCUT2D eigenvalue weighted by molar-refractivity contribution is 0.102. The van der Waals surface area contributed by atoms with Crippen LogP contribution < -0.4 is 10.6 Å². The number of piperidine rings is 1. The van der Waals surface area contributed by atoms with E-state index < -0.39 is 11.6 Å². The van der Waals surface area contributed by atoms with Crippen molar-refractivity contribution in [2.45, 2.75) is 18.8 Å². The smallest absolute Gasteiger partial charge is 0.259 e. The van der Waals surface area contributed by atoms with E-state index in [2.05, 4.69) is 31.7 Å². The number of amides is 1. The third kappa shape index (κ3) is 4.23. The van der Waals surface area contributed by atoms with Gasteiger partial charge in [0, 0.05) is 22.1 Å². The number of hydrogen-bond acceptors (Lipinski definition) is 3. The molecule has 0 spiro atoms. The quantitative estimate of drug-likeness (QED) is 0.596. The molecule has 29 heavy (non-hydrogen) atoms. The molecule has 1 aromatic heterocycles. The molecule has 150 valence electrons. The van der Waals surface area contributed by atoms with Crippen LogP contribution in [0.25, 0.3) is 5.69 Å². The zero-order chi connectivity index (χ0) is 20.4. The first-order valence-corrected chi connectivity index (χ1v) is 10.1. The summed E-state index contributed by atoms with van der Waals surface area (Å²) < 4.78 is 30.2. The van der Waals surface area contributed by atoms with Gasteiger partial charge in [0.05, 0.1) is 17.5 Å². The van der Waals surface area contributed by atoms with Crippen LogP contribution in [0.15, 0.2) is 53.1 Å². The number of benzene rings is 2. The number of rotatable bonds is 4. The number of halogens is 3. The van der Waals surface area contributed by atoms with Gasteiger partial charge in [-0.25, -0.2) is 13.5 Å². The Kier molecular flexibility index (Phi) is 5.73. The summed E-state index contributed by atoms with van der Waals surface area (Å²) in [6.07, 6.45) is 3.05. The van der Waals surface area contributed by atoms with Crippen LogP contribution in [0.4, 0.5) is 14.5 Å². The Morgan fingerprint density at radius 3 is 2.55 bits per heavy atom. The lowest BCUT2D eigenvalue weighted by Crippen LogP contribution is -2.29. The summed E-state index contributed by atoms with van der Waals surface area (Å²) in [4.78, 5) is 13.0. The molecule has 2 aromatic carbocycles. The Balaban J connectivity index is 1.74. The fraction of sp³-hybridized carbons (Fsp3) is 0.238. The largest absolute Gasteiger partial charge is 0.322 e. The van der Waals surface area contributed by atoms with Gasteiger partial charge < -0.3 is 10.6 Å². The van der Waals surface area contributed by atoms with E-state index in [1.807, 2.05) is 12.1 Å². The maximum Gasteiger partial charge on any atom is 0.259 e. The second-order valence-corrected chi connectivity index (χ2v) is 7.85. The highest BCUT2D eigenvalue weighted by atomic mass is 79.9. The maximum atomic E-state index is 14.5. The zero-order valence-electron chi connectivity index (χ0n) is 15.5. The van der Waals surface area contributed by atoms with Gasteiger partial charge in [-0.2, -0.15) is 5.10 Å². The van der Waals surface area contributed by atoms with Gasteiger partial charge in [-0.05, 0) is 62.3 Å². The summed E-state index contributed by atoms with van der Waals surface area (Å²) in [5.74, 6) is -1.65. The van der Waals surface area contributed by atoms with E-state index in [9.17, 15) is 13.6 Å². The van der Waals surface area contributed by atoms with Crippen molar-refractivity contribution in [3.63, 3.8) is 0 Å². The highest BCUT2D eigenvalue weighted by molar-refractivity contribution is 9.10. The van der Waals surface area contributed by atoms with Gasteiger partial charge in [0.2, 0.25) is 0 Å². The average molecular weight is 461 g/mol. The first-order valence-electron chi connectivity index (χ1n) is 9.34. The Morgan fingerprint density at radius 2 is 1.86 bits per heavy atom. The summed E-state index contributed by atoms with van der Waals surface area (Å²) >= 11 is 3.37. The number of nitrogens with one attached hydrogen (secondary N) is 2. The minimum absolute atomic E-state index is 0.0360. The molecule has 3 aromatic rings. The molecule has 0 radical (unpaired) electrons. The molecule has 5 nitrogen and oxygen atoms in total. The number of anilines is 1. The lowest BCUT2D eigenvalue weighted by Gasteiger charge is -2.24. The number of hydrogen-bond donors (Lipinski definition) is 2. The molecular formula is C21H19BrF2N4O. The van der Waals surface area contributed by atoms with Crippen LogP contribution in [0.1, 0.15) is 34.8 Å². The molecule has 1 fully saturated rings. The Morgan fingerprint density at radius 1 is 1.14 bits per heavy atom. The fourth-order valence-corrected chi connectivity index (χ4v) is 3.86. The second-order valence-electron chi connectivity index (χ2n) is 6.94. The van der Waals surface area contributed by atoms with Gasteiger partial charge in [0.25, 0.3) is 5.91 Å². The van der Waals surface area contributed by atoms with Gasteiger partial charge in [-0.3, -0.25) is 4.79 Å². The standard InChI is InChI=1S/C21H19BrF2N4O/c22-14-1-4-16(5-2-14)27-21(29)17-12-26-28(19-6-3-15(23)11-18(19)24)20(17)13-7-9-25-10-8-13/h1-6,11-13,25H,7-10H2,(H,27,29). The molecule has 0 unspecified atom stereocenters. The summed E-state index contributed by atoms with van der Waals surface area (Å²) in [6, 6.07) is 10.6. The summed E-state index contributed by atoms with van der Waals surface area (Å²) in [5.41, 5.74) is 1.81. The van der Waals surface area contributed by atoms with E-state index in [1.165, 1.54) is 23.0 Å². The van der Waals surface area contributed by atoms with Gasteiger partial charge in [0.15, 0.2) is 5.82 Å². The zero-order valence-corrected chi connectivity index (χ0v) is 17.0. The van der Waals surface area contributed by atoms with E-state index in [4.69, 9.17) is 0 Å². The molecule has 0 bridgehead atoms. The maximum absolute atomic E-state index is 14.5. The molecule has 2 N–H and O–H groups in total. The first-order chi connectivity index (χ1) is 14.0. The van der Waals surface area contributed by atoms with E-state index in [0.29, 0.717) is 16.9 Å². The van der Waals surface area contributed by atoms with Crippen LogP contribution in [-0.4, -0.2) is 28.8 Å². The predicted molar refractivity (Wildman–Crippen MR) is 110 cm³/mol. The van der Waals surface area contributed by atoms with Crippen molar-refractivity contribution in [3.05, 3.63) is 76.0 Å². The van der Waals surface area contributed by atoms with Crippen LogP contribution >= 0.6 is 15.9 Å². The second kappa shape index (κ2) is 8.42. The van der Waals surface area contributed by atoms with Gasteiger partial charge >= 0.3 is 0 Å². The molecule has 1 aliphatic heterocycles. The van der Waals surface area contributed by atoms with E-state index in [0.717, 1.165) is 36.5 Å². The molecule has 1 aliphatic rings. The molecule has 8 heteroatoms. The molecule has 4 rings (SSSR count). The SMILES string of the molecule is O=C(Nc1ccc(Br)cc1)c1cnn(-c2ccc(F)cc2F)c1C1CCNCC1. The highest BCUT2D eigenvalue weighted by Gasteiger charge is 2.28. The van der Waals surface area contributed by atoms with E-state index in [1.54, 1.807) is 12.1 Å². The van der Waals surface area contributed by atoms with Crippen LogP contribution in [0.3, 0.4) is 0 Å². The van der Waals surface area contributed by atoms with Gasteiger partial charge in [-0.1, -0.05) is 15.9 Å². The van der Waals surface area contributed by atoms with Crippen molar-refractivity contribution in [3.8, 4) is 5.69 Å². The Bertz CT molecular complexity index is 1030. The summed E-state index contributed by atoms with van der Waals surface area (Å²) in [5, 5.41) is 10.5. The average Bonchev–Trinajstić information content (AvgIpc) is 3.15. The highest BCUT2D eigenvalue weighted by Crippen LogP contribution is 2.31. The van der Waals surface area contributed by atoms with Crippen LogP contribution in [0, 0.1) is 11.6 Å². The van der Waals surface area contributed by atoms with Crippen molar-refractivity contribution in [2.75, 3.05) is 18.4 Å². The molecule has 0 aliphatic carbocycles. The van der Waals surface area contributed by atoms with Crippen molar-refractivity contribution in [2.24, 2.45) is 0 Å². The monoisotopic (exact) mass is 460 g/mol. The van der Waals surface area contributed by atoms with Crippen LogP contribution in [0.2, 0.25) is 0 Å².